The van der Waals surface area contributed by atoms with Gasteiger partial charge in [0.2, 0.25) is 0 Å². The summed E-state index contributed by atoms with van der Waals surface area (Å²) in [4.78, 5) is 11.6. The third kappa shape index (κ3) is 2.78. The van der Waals surface area contributed by atoms with Crippen LogP contribution in [0, 0.1) is 5.21 Å². The predicted molar refractivity (Wildman–Crippen MR) is 65.8 cm³/mol. The number of hydroxylamine groups is 1. The van der Waals surface area contributed by atoms with E-state index in [2.05, 4.69) is 0 Å². The molecule has 0 aliphatic carbocycles. The molecule has 0 unspecified atom stereocenters. The molecule has 0 aliphatic heterocycles. The quantitative estimate of drug-likeness (QED) is 0.585. The molecule has 5 nitrogen and oxygen atoms in total. The minimum Gasteiger partial charge on any atom is -0.759 e. The van der Waals surface area contributed by atoms with Crippen molar-refractivity contribution < 1.29 is 43.8 Å². The first-order chi connectivity index (χ1) is 8.19. The Morgan fingerprint density at radius 2 is 1.83 bits per heavy atom. The molecule has 0 radical (unpaired) electrons. The molecule has 0 aliphatic rings. The molecule has 0 fully saturated rings. The van der Waals surface area contributed by atoms with Crippen molar-refractivity contribution in [3.05, 3.63) is 28.3 Å². The second kappa shape index (κ2) is 6.40. The molecule has 1 aromatic heterocycles. The number of carbonyl (C=O) groups excluding carboxylic acids is 1. The number of ether oxygens (including phenoxy) is 2. The Labute approximate surface area is 130 Å². The molecule has 0 spiro atoms. The van der Waals surface area contributed by atoms with E-state index in [0.717, 1.165) is 10.1 Å². The number of hydrogen-bond donors (Lipinski definition) is 1. The van der Waals surface area contributed by atoms with Crippen LogP contribution in [0.25, 0.3) is 10.1 Å². The van der Waals surface area contributed by atoms with E-state index in [1.54, 1.807) is 32.4 Å². The molecule has 90 valence electrons. The van der Waals surface area contributed by atoms with Gasteiger partial charge in [-0.25, -0.2) is 0 Å². The van der Waals surface area contributed by atoms with Gasteiger partial charge >= 0.3 is 29.6 Å². The molecule has 18 heavy (non-hydrogen) atoms. The fourth-order valence-corrected chi connectivity index (χ4v) is 2.49. The van der Waals surface area contributed by atoms with Gasteiger partial charge in [0.25, 0.3) is 5.91 Å². The molecule has 0 bridgehead atoms. The summed E-state index contributed by atoms with van der Waals surface area (Å²) in [5, 5.41) is 11.2. The van der Waals surface area contributed by atoms with Gasteiger partial charge in [0.1, 0.15) is 0 Å². The largest absolute Gasteiger partial charge is 1.00 e. The maximum Gasteiger partial charge on any atom is 1.00 e. The number of nitrogens with one attached hydrogen (secondary N) is 1. The molecular formula is C11H10NNaO4S. The summed E-state index contributed by atoms with van der Waals surface area (Å²) in [5.74, 6) is 0.548. The number of rotatable bonds is 3. The molecule has 1 N–H and O–H groups in total. The Bertz CT molecular complexity index is 528. The van der Waals surface area contributed by atoms with Crippen LogP contribution in [0.3, 0.4) is 0 Å². The molecule has 0 saturated heterocycles. The minimum atomic E-state index is -0.635. The fourth-order valence-electron chi connectivity index (χ4n) is 1.53. The number of amides is 1. The smallest absolute Gasteiger partial charge is 0.759 e. The van der Waals surface area contributed by atoms with Crippen LogP contribution >= 0.6 is 11.3 Å². The van der Waals surface area contributed by atoms with Crippen LogP contribution in [0.2, 0.25) is 0 Å². The summed E-state index contributed by atoms with van der Waals surface area (Å²) in [5.41, 5.74) is 1.36. The van der Waals surface area contributed by atoms with E-state index in [1.807, 2.05) is 0 Å². The third-order valence-corrected chi connectivity index (χ3v) is 3.44. The SMILES string of the molecule is COc1cc2cc(C(=O)N[O-])sc2cc1OC.[Na+]. The summed E-state index contributed by atoms with van der Waals surface area (Å²) in [6.07, 6.45) is 0. The number of thiophene rings is 1. The van der Waals surface area contributed by atoms with Gasteiger partial charge in [0.05, 0.1) is 19.1 Å². The summed E-state index contributed by atoms with van der Waals surface area (Å²) >= 11 is 1.23. The molecule has 1 heterocycles. The van der Waals surface area contributed by atoms with Crippen LogP contribution in [0.4, 0.5) is 0 Å². The fraction of sp³-hybridized carbons (Fsp3) is 0.182. The molecular weight excluding hydrogens is 265 g/mol. The van der Waals surface area contributed by atoms with Crippen molar-refractivity contribution in [1.82, 2.24) is 5.48 Å². The maximum atomic E-state index is 11.2. The number of hydrogen-bond acceptors (Lipinski definition) is 5. The van der Waals surface area contributed by atoms with Crippen molar-refractivity contribution in [3.8, 4) is 11.5 Å². The van der Waals surface area contributed by atoms with E-state index in [-0.39, 0.29) is 29.6 Å². The average Bonchev–Trinajstić information content (AvgIpc) is 2.78. The van der Waals surface area contributed by atoms with Crippen LogP contribution in [0.1, 0.15) is 9.67 Å². The summed E-state index contributed by atoms with van der Waals surface area (Å²) in [6, 6.07) is 5.20. The van der Waals surface area contributed by atoms with Crippen LogP contribution in [-0.2, 0) is 0 Å². The van der Waals surface area contributed by atoms with Crippen molar-refractivity contribution >= 4 is 27.3 Å². The number of carbonyl (C=O) groups is 1. The maximum absolute atomic E-state index is 11.2. The molecule has 7 heteroatoms. The van der Waals surface area contributed by atoms with E-state index < -0.39 is 5.91 Å². The van der Waals surface area contributed by atoms with Gasteiger partial charge in [-0.1, -0.05) is 0 Å². The standard InChI is InChI=1S/C11H10NO4S.Na/c1-15-7-3-6-4-10(11(13)12-14)17-9(6)5-8(7)16-2;/h3-5H,1-2H3,(H-,12,13,14);/q-1;+1. The summed E-state index contributed by atoms with van der Waals surface area (Å²) < 4.78 is 11.2. The van der Waals surface area contributed by atoms with Crippen LogP contribution in [0.5, 0.6) is 11.5 Å². The monoisotopic (exact) mass is 275 g/mol. The van der Waals surface area contributed by atoms with Crippen LogP contribution in [-0.4, -0.2) is 20.1 Å². The van der Waals surface area contributed by atoms with Crippen LogP contribution < -0.4 is 44.5 Å². The number of fused-ring (bicyclic) bond motifs is 1. The van der Waals surface area contributed by atoms with Gasteiger partial charge in [0.15, 0.2) is 11.5 Å². The van der Waals surface area contributed by atoms with E-state index in [1.165, 1.54) is 16.8 Å². The number of methoxy groups -OCH3 is 2. The molecule has 1 amide bonds. The van der Waals surface area contributed by atoms with E-state index in [0.29, 0.717) is 16.4 Å². The zero-order valence-corrected chi connectivity index (χ0v) is 13.1. The van der Waals surface area contributed by atoms with Gasteiger partial charge in [-0.3, -0.25) is 4.79 Å². The zero-order valence-electron chi connectivity index (χ0n) is 10.3. The van der Waals surface area contributed by atoms with Gasteiger partial charge in [-0.05, 0) is 17.5 Å². The Kier molecular flexibility index (Phi) is 5.43. The Hall–Kier alpha value is -0.790. The third-order valence-electron chi connectivity index (χ3n) is 2.34. The van der Waals surface area contributed by atoms with Crippen molar-refractivity contribution in [1.29, 1.82) is 0 Å². The Morgan fingerprint density at radius 1 is 1.22 bits per heavy atom. The van der Waals surface area contributed by atoms with Gasteiger partial charge < -0.3 is 20.2 Å². The van der Waals surface area contributed by atoms with Crippen molar-refractivity contribution in [2.75, 3.05) is 14.2 Å². The first kappa shape index (κ1) is 15.3. The predicted octanol–water partition coefficient (Wildman–Crippen LogP) is -0.850. The van der Waals surface area contributed by atoms with Gasteiger partial charge in [-0.15, -0.1) is 11.3 Å². The zero-order chi connectivity index (χ0) is 12.4. The minimum absolute atomic E-state index is 0. The molecule has 2 rings (SSSR count). The van der Waals surface area contributed by atoms with Gasteiger partial charge in [-0.2, -0.15) is 0 Å². The normalized spacial score (nSPS) is 9.72. The molecule has 0 saturated carbocycles. The summed E-state index contributed by atoms with van der Waals surface area (Å²) in [7, 11) is 3.09. The second-order valence-corrected chi connectivity index (χ2v) is 4.37. The van der Waals surface area contributed by atoms with E-state index >= 15 is 0 Å². The van der Waals surface area contributed by atoms with Crippen molar-refractivity contribution in [2.24, 2.45) is 0 Å². The molecule has 0 atom stereocenters. The topological polar surface area (TPSA) is 70.6 Å². The van der Waals surface area contributed by atoms with Gasteiger partial charge in [0, 0.05) is 10.8 Å². The first-order valence-corrected chi connectivity index (χ1v) is 5.59. The van der Waals surface area contributed by atoms with Crippen molar-refractivity contribution in [2.45, 2.75) is 0 Å². The van der Waals surface area contributed by atoms with E-state index in [9.17, 15) is 10.0 Å². The Balaban J connectivity index is 0.00000162. The van der Waals surface area contributed by atoms with Crippen molar-refractivity contribution in [3.63, 3.8) is 0 Å². The summed E-state index contributed by atoms with van der Waals surface area (Å²) in [6.45, 7) is 0. The van der Waals surface area contributed by atoms with Crippen LogP contribution in [0.15, 0.2) is 18.2 Å². The molecule has 1 aromatic carbocycles. The van der Waals surface area contributed by atoms with E-state index in [4.69, 9.17) is 9.47 Å². The Morgan fingerprint density at radius 3 is 2.39 bits per heavy atom. The second-order valence-electron chi connectivity index (χ2n) is 3.29. The first-order valence-electron chi connectivity index (χ1n) is 4.77. The molecule has 2 aromatic rings. The number of benzene rings is 1. The average molecular weight is 275 g/mol.